The molecule has 0 unspecified atom stereocenters. The first-order chi connectivity index (χ1) is 11.7. The Morgan fingerprint density at radius 1 is 0.500 bits per heavy atom. The van der Waals surface area contributed by atoms with Crippen molar-refractivity contribution in [2.24, 2.45) is 0 Å². The molecule has 0 aromatic heterocycles. The van der Waals surface area contributed by atoms with Crippen LogP contribution in [0.3, 0.4) is 0 Å². The van der Waals surface area contributed by atoms with E-state index in [0.717, 1.165) is 0 Å². The van der Waals surface area contributed by atoms with Gasteiger partial charge in [0.05, 0.1) is 0 Å². The Bertz CT molecular complexity index is 542. The molecule has 0 heterocycles. The van der Waals surface area contributed by atoms with Crippen molar-refractivity contribution >= 4 is 0 Å². The van der Waals surface area contributed by atoms with Crippen molar-refractivity contribution in [2.45, 2.75) is 11.9 Å². The second-order valence-corrected chi connectivity index (χ2v) is 4.38. The van der Waals surface area contributed by atoms with Crippen LogP contribution in [0.1, 0.15) is 11.1 Å². The lowest BCUT2D eigenvalue weighted by Crippen LogP contribution is -2.41. The van der Waals surface area contributed by atoms with Crippen LogP contribution < -0.4 is 0 Å². The molecule has 0 radical (unpaired) electrons. The Balaban J connectivity index is 2.29. The summed E-state index contributed by atoms with van der Waals surface area (Å²) >= 11 is 0. The van der Waals surface area contributed by atoms with Crippen molar-refractivity contribution in [3.05, 3.63) is 71.8 Å². The van der Waals surface area contributed by atoms with Crippen molar-refractivity contribution < 1.29 is 50.4 Å². The zero-order valence-electron chi connectivity index (χ0n) is 12.0. The Hall–Kier alpha value is -1.96. The highest BCUT2D eigenvalue weighted by molar-refractivity contribution is 5.19. The normalized spacial score (nSPS) is 12.3. The summed E-state index contributed by atoms with van der Waals surface area (Å²) in [6.07, 6.45) is 0. The molecule has 2 rings (SSSR count). The smallest absolute Gasteiger partial charge is 0.246 e. The lowest BCUT2D eigenvalue weighted by Gasteiger charge is -2.30. The Labute approximate surface area is 135 Å². The Morgan fingerprint density at radius 3 is 1.04 bits per heavy atom. The maximum absolute atomic E-state index is 9.05. The van der Waals surface area contributed by atoms with Gasteiger partial charge < -0.3 is 0 Å². The molecule has 0 spiro atoms. The largest absolute Gasteiger partial charge is 0.391 e. The maximum Gasteiger partial charge on any atom is 0.391 e. The quantitative estimate of drug-likeness (QED) is 0.305. The van der Waals surface area contributed by atoms with Crippen LogP contribution in [-0.2, 0) is 41.3 Å². The van der Waals surface area contributed by atoms with Gasteiger partial charge in [-0.15, -0.1) is 0 Å². The van der Waals surface area contributed by atoms with Gasteiger partial charge in [0.15, 0.2) is 0 Å². The van der Waals surface area contributed by atoms with Gasteiger partial charge in [0.1, 0.15) is 0 Å². The zero-order chi connectivity index (χ0) is 17.5. The van der Waals surface area contributed by atoms with E-state index in [-0.39, 0.29) is 11.1 Å². The average molecular weight is 342 g/mol. The van der Waals surface area contributed by atoms with E-state index in [1.54, 1.807) is 12.1 Å². The average Bonchev–Trinajstić information content (AvgIpc) is 2.68. The molecule has 0 bridgehead atoms. The highest BCUT2D eigenvalue weighted by Crippen LogP contribution is 2.34. The lowest BCUT2D eigenvalue weighted by atomic mass is 10.2. The minimum atomic E-state index is -2.68. The van der Waals surface area contributed by atoms with Crippen molar-refractivity contribution in [3.8, 4) is 0 Å². The summed E-state index contributed by atoms with van der Waals surface area (Å²) in [7, 11) is 0. The Morgan fingerprint density at radius 2 is 0.792 bits per heavy atom. The van der Waals surface area contributed by atoms with Gasteiger partial charge in [-0.3, -0.25) is 0 Å². The fourth-order valence-electron chi connectivity index (χ4n) is 1.80. The fourth-order valence-corrected chi connectivity index (χ4v) is 1.80. The topological polar surface area (TPSA) is 136 Å². The van der Waals surface area contributed by atoms with Gasteiger partial charge in [-0.25, -0.2) is 21.0 Å². The van der Waals surface area contributed by atoms with Crippen LogP contribution in [0, 0.1) is 0 Å². The second kappa shape index (κ2) is 8.23. The van der Waals surface area contributed by atoms with Crippen LogP contribution in [0.2, 0.25) is 0 Å². The molecule has 0 saturated heterocycles. The van der Waals surface area contributed by atoms with E-state index in [9.17, 15) is 0 Å². The first kappa shape index (κ1) is 18.4. The van der Waals surface area contributed by atoms with E-state index in [1.807, 2.05) is 0 Å². The van der Waals surface area contributed by atoms with Gasteiger partial charge in [-0.2, -0.15) is 29.3 Å². The van der Waals surface area contributed by atoms with Gasteiger partial charge in [-0.05, 0) is 0 Å². The van der Waals surface area contributed by atoms with Crippen LogP contribution >= 0.6 is 0 Å². The third-order valence-electron chi connectivity index (χ3n) is 3.00. The van der Waals surface area contributed by atoms with E-state index in [1.165, 1.54) is 48.5 Å². The van der Waals surface area contributed by atoms with Crippen LogP contribution in [-0.4, -0.2) is 21.0 Å². The highest BCUT2D eigenvalue weighted by atomic mass is 17.4. The molecule has 4 N–H and O–H groups in total. The lowest BCUT2D eigenvalue weighted by molar-refractivity contribution is -0.705. The van der Waals surface area contributed by atoms with E-state index in [2.05, 4.69) is 19.6 Å². The van der Waals surface area contributed by atoms with Gasteiger partial charge in [0, 0.05) is 11.1 Å². The molecule has 0 fully saturated rings. The predicted molar refractivity (Wildman–Crippen MR) is 73.3 cm³/mol. The summed E-state index contributed by atoms with van der Waals surface area (Å²) in [4.78, 5) is 25.4. The molecule has 0 aliphatic carbocycles. The van der Waals surface area contributed by atoms with Crippen molar-refractivity contribution in [2.75, 3.05) is 0 Å². The Kier molecular flexibility index (Phi) is 6.30. The van der Waals surface area contributed by atoms with Gasteiger partial charge in [-0.1, -0.05) is 60.7 Å². The van der Waals surface area contributed by atoms with Crippen molar-refractivity contribution in [3.63, 3.8) is 0 Å². The monoisotopic (exact) mass is 342 g/mol. The van der Waals surface area contributed by atoms with E-state index < -0.39 is 11.9 Å². The second-order valence-electron chi connectivity index (χ2n) is 4.38. The fraction of sp³-hybridized carbons (Fsp3) is 0.143. The summed E-state index contributed by atoms with van der Waals surface area (Å²) in [6.45, 7) is 0. The predicted octanol–water partition coefficient (Wildman–Crippen LogP) is 2.51. The molecular formula is C14H14O10. The number of hydrogen-bond acceptors (Lipinski definition) is 10. The van der Waals surface area contributed by atoms with E-state index >= 15 is 0 Å². The highest BCUT2D eigenvalue weighted by Gasteiger charge is 2.47. The molecule has 130 valence electrons. The van der Waals surface area contributed by atoms with Gasteiger partial charge in [0.25, 0.3) is 0 Å². The summed E-state index contributed by atoms with van der Waals surface area (Å²) in [5, 5.41) is 36.2. The molecule has 0 aliphatic rings. The van der Waals surface area contributed by atoms with Crippen LogP contribution in [0.15, 0.2) is 60.7 Å². The third-order valence-corrected chi connectivity index (χ3v) is 3.00. The van der Waals surface area contributed by atoms with Crippen LogP contribution in [0.4, 0.5) is 0 Å². The molecule has 0 atom stereocenters. The maximum atomic E-state index is 9.05. The van der Waals surface area contributed by atoms with E-state index in [4.69, 9.17) is 30.8 Å². The molecule has 10 nitrogen and oxygen atoms in total. The minimum Gasteiger partial charge on any atom is -0.246 e. The van der Waals surface area contributed by atoms with Gasteiger partial charge >= 0.3 is 11.9 Å². The van der Waals surface area contributed by atoms with Crippen molar-refractivity contribution in [1.82, 2.24) is 0 Å². The molecule has 0 saturated carbocycles. The van der Waals surface area contributed by atoms with E-state index in [0.29, 0.717) is 0 Å². The number of benzene rings is 2. The molecule has 24 heavy (non-hydrogen) atoms. The SMILES string of the molecule is OOC(OO)(OOC(OO)(OO)c1ccccc1)c1ccccc1. The first-order valence-electron chi connectivity index (χ1n) is 6.44. The number of hydrogen-bond donors (Lipinski definition) is 4. The van der Waals surface area contributed by atoms with Gasteiger partial charge in [0.2, 0.25) is 0 Å². The summed E-state index contributed by atoms with van der Waals surface area (Å²) in [5.41, 5.74) is -0.0966. The first-order valence-corrected chi connectivity index (χ1v) is 6.44. The van der Waals surface area contributed by atoms with Crippen LogP contribution in [0.5, 0.6) is 0 Å². The third kappa shape index (κ3) is 3.58. The summed E-state index contributed by atoms with van der Waals surface area (Å²) in [6, 6.07) is 14.7. The molecular weight excluding hydrogens is 328 g/mol. The summed E-state index contributed by atoms with van der Waals surface area (Å²) in [5.74, 6) is -5.36. The molecule has 2 aromatic carbocycles. The number of rotatable bonds is 9. The summed E-state index contributed by atoms with van der Waals surface area (Å²) < 4.78 is 0. The molecule has 10 heteroatoms. The molecule has 0 amide bonds. The minimum absolute atomic E-state index is 0.0483. The van der Waals surface area contributed by atoms with Crippen molar-refractivity contribution in [1.29, 1.82) is 0 Å². The standard InChI is InChI=1S/C14H14O10/c15-19-13(20-16,11-7-3-1-4-8-11)23-24-14(21-17,22-18)12-9-5-2-6-10-12/h1-10,15-18H. The molecule has 2 aromatic rings. The molecule has 0 aliphatic heterocycles. The van der Waals surface area contributed by atoms with Crippen LogP contribution in [0.25, 0.3) is 0 Å². The zero-order valence-corrected chi connectivity index (χ0v) is 12.0.